The van der Waals surface area contributed by atoms with Crippen molar-refractivity contribution in [3.05, 3.63) is 0 Å². The molecule has 0 radical (unpaired) electrons. The lowest BCUT2D eigenvalue weighted by molar-refractivity contribution is 0.533. The van der Waals surface area contributed by atoms with Gasteiger partial charge in [-0.2, -0.15) is 0 Å². The predicted octanol–water partition coefficient (Wildman–Crippen LogP) is 1.19. The highest BCUT2D eigenvalue weighted by molar-refractivity contribution is 4.89. The minimum Gasteiger partial charge on any atom is -0.320 e. The Labute approximate surface area is 125 Å². The molecule has 0 spiro atoms. The first-order valence-corrected chi connectivity index (χ1v) is 8.65. The van der Waals surface area contributed by atoms with E-state index in [4.69, 9.17) is 0 Å². The Morgan fingerprint density at radius 3 is 1.75 bits per heavy atom. The molecular weight excluding hydrogens is 248 g/mol. The van der Waals surface area contributed by atoms with Crippen LogP contribution in [-0.2, 0) is 0 Å². The van der Waals surface area contributed by atoms with Gasteiger partial charge in [0.25, 0.3) is 0 Å². The molecule has 2 atom stereocenters. The molecule has 0 unspecified atom stereocenters. The zero-order valence-corrected chi connectivity index (χ0v) is 13.6. The van der Waals surface area contributed by atoms with Crippen LogP contribution >= 0.6 is 0 Å². The van der Waals surface area contributed by atoms with Crippen LogP contribution in [0.15, 0.2) is 0 Å². The van der Waals surface area contributed by atoms with Gasteiger partial charge in [-0.3, -0.25) is 0 Å². The molecule has 4 nitrogen and oxygen atoms in total. The van der Waals surface area contributed by atoms with Gasteiger partial charge < -0.3 is 21.3 Å². The molecule has 0 aromatic carbocycles. The Morgan fingerprint density at radius 1 is 0.750 bits per heavy atom. The average molecular weight is 284 g/mol. The summed E-state index contributed by atoms with van der Waals surface area (Å²) in [5.74, 6) is 1.88. The topological polar surface area (TPSA) is 48.1 Å². The Kier molecular flexibility index (Phi) is 11.2. The largest absolute Gasteiger partial charge is 0.320 e. The van der Waals surface area contributed by atoms with E-state index in [0.717, 1.165) is 24.9 Å². The van der Waals surface area contributed by atoms with Crippen LogP contribution < -0.4 is 21.3 Å². The van der Waals surface area contributed by atoms with Crippen LogP contribution in [0.2, 0.25) is 0 Å². The standard InChI is InChI=1S/C16H36N4/c1-3-18-9-6-7-11-20-14-16-12-15(16)13-19-10-5-4-8-17-2/h15-20H,3-14H2,1-2H3/t15-,16-/m0/s1. The molecule has 0 aromatic rings. The van der Waals surface area contributed by atoms with Gasteiger partial charge in [0.2, 0.25) is 0 Å². The number of unbranched alkanes of at least 4 members (excludes halogenated alkanes) is 2. The van der Waals surface area contributed by atoms with E-state index >= 15 is 0 Å². The summed E-state index contributed by atoms with van der Waals surface area (Å²) < 4.78 is 0. The highest BCUT2D eigenvalue weighted by Crippen LogP contribution is 2.36. The first-order chi connectivity index (χ1) is 9.88. The molecule has 1 aliphatic rings. The summed E-state index contributed by atoms with van der Waals surface area (Å²) in [5.41, 5.74) is 0. The summed E-state index contributed by atoms with van der Waals surface area (Å²) in [7, 11) is 2.02. The number of hydrogen-bond donors (Lipinski definition) is 4. The third kappa shape index (κ3) is 9.70. The summed E-state index contributed by atoms with van der Waals surface area (Å²) in [6.45, 7) is 10.4. The Hall–Kier alpha value is -0.160. The van der Waals surface area contributed by atoms with Gasteiger partial charge in [-0.15, -0.1) is 0 Å². The maximum atomic E-state index is 3.61. The third-order valence-corrected chi connectivity index (χ3v) is 4.12. The SMILES string of the molecule is CCNCCCCNC[C@@H]1C[C@H]1CNCCCCNC. The van der Waals surface area contributed by atoms with E-state index in [9.17, 15) is 0 Å². The van der Waals surface area contributed by atoms with Crippen molar-refractivity contribution in [1.29, 1.82) is 0 Å². The van der Waals surface area contributed by atoms with Crippen molar-refractivity contribution in [3.63, 3.8) is 0 Å². The van der Waals surface area contributed by atoms with E-state index < -0.39 is 0 Å². The van der Waals surface area contributed by atoms with Gasteiger partial charge in [-0.1, -0.05) is 6.92 Å². The van der Waals surface area contributed by atoms with Crippen LogP contribution in [0.1, 0.15) is 39.0 Å². The minimum absolute atomic E-state index is 0.938. The molecule has 4 N–H and O–H groups in total. The lowest BCUT2D eigenvalue weighted by atomic mass is 10.2. The molecule has 0 amide bonds. The second-order valence-electron chi connectivity index (χ2n) is 6.04. The fourth-order valence-corrected chi connectivity index (χ4v) is 2.61. The number of hydrogen-bond acceptors (Lipinski definition) is 4. The summed E-state index contributed by atoms with van der Waals surface area (Å²) in [6.07, 6.45) is 6.60. The van der Waals surface area contributed by atoms with Crippen LogP contribution in [0.25, 0.3) is 0 Å². The maximum Gasteiger partial charge on any atom is -0.00173 e. The molecule has 0 heterocycles. The second kappa shape index (κ2) is 12.6. The van der Waals surface area contributed by atoms with Crippen LogP contribution in [-0.4, -0.2) is 52.9 Å². The van der Waals surface area contributed by atoms with Crippen LogP contribution in [0.5, 0.6) is 0 Å². The zero-order valence-electron chi connectivity index (χ0n) is 13.6. The molecule has 4 heteroatoms. The van der Waals surface area contributed by atoms with E-state index in [-0.39, 0.29) is 0 Å². The van der Waals surface area contributed by atoms with Crippen molar-refractivity contribution in [2.75, 3.05) is 52.9 Å². The summed E-state index contributed by atoms with van der Waals surface area (Å²) >= 11 is 0. The fourth-order valence-electron chi connectivity index (χ4n) is 2.61. The molecule has 1 fully saturated rings. The summed E-state index contributed by atoms with van der Waals surface area (Å²) in [4.78, 5) is 0. The fraction of sp³-hybridized carbons (Fsp3) is 1.00. The number of rotatable bonds is 15. The number of nitrogens with one attached hydrogen (secondary N) is 4. The van der Waals surface area contributed by atoms with Gasteiger partial charge in [-0.05, 0) is 96.8 Å². The van der Waals surface area contributed by atoms with Gasteiger partial charge in [-0.25, -0.2) is 0 Å². The van der Waals surface area contributed by atoms with E-state index in [2.05, 4.69) is 28.2 Å². The zero-order chi connectivity index (χ0) is 14.5. The second-order valence-corrected chi connectivity index (χ2v) is 6.04. The van der Waals surface area contributed by atoms with Crippen LogP contribution in [0.3, 0.4) is 0 Å². The Bertz CT molecular complexity index is 211. The predicted molar refractivity (Wildman–Crippen MR) is 88.3 cm³/mol. The van der Waals surface area contributed by atoms with Crippen molar-refractivity contribution >= 4 is 0 Å². The van der Waals surface area contributed by atoms with Gasteiger partial charge in [0.15, 0.2) is 0 Å². The van der Waals surface area contributed by atoms with Gasteiger partial charge >= 0.3 is 0 Å². The quantitative estimate of drug-likeness (QED) is 0.341. The van der Waals surface area contributed by atoms with Gasteiger partial charge in [0, 0.05) is 0 Å². The molecule has 0 aliphatic heterocycles. The lowest BCUT2D eigenvalue weighted by Gasteiger charge is -2.06. The van der Waals surface area contributed by atoms with Crippen molar-refractivity contribution in [3.8, 4) is 0 Å². The molecule has 120 valence electrons. The lowest BCUT2D eigenvalue weighted by Crippen LogP contribution is -2.23. The molecule has 1 rings (SSSR count). The molecule has 1 aliphatic carbocycles. The van der Waals surface area contributed by atoms with Crippen molar-refractivity contribution in [2.45, 2.75) is 39.0 Å². The highest BCUT2D eigenvalue weighted by atomic mass is 14.9. The first kappa shape index (κ1) is 17.9. The van der Waals surface area contributed by atoms with Gasteiger partial charge in [0.05, 0.1) is 0 Å². The Morgan fingerprint density at radius 2 is 1.25 bits per heavy atom. The molecule has 0 bridgehead atoms. The normalized spacial score (nSPS) is 21.3. The Balaban J connectivity index is 1.75. The van der Waals surface area contributed by atoms with Crippen molar-refractivity contribution in [1.82, 2.24) is 21.3 Å². The van der Waals surface area contributed by atoms with Crippen LogP contribution in [0.4, 0.5) is 0 Å². The molecular formula is C16H36N4. The highest BCUT2D eigenvalue weighted by Gasteiger charge is 2.35. The smallest absolute Gasteiger partial charge is 0.00173 e. The van der Waals surface area contributed by atoms with E-state index in [0.29, 0.717) is 0 Å². The monoisotopic (exact) mass is 284 g/mol. The molecule has 20 heavy (non-hydrogen) atoms. The summed E-state index contributed by atoms with van der Waals surface area (Å²) in [5, 5.41) is 13.8. The van der Waals surface area contributed by atoms with Crippen molar-refractivity contribution in [2.24, 2.45) is 11.8 Å². The summed E-state index contributed by atoms with van der Waals surface area (Å²) in [6, 6.07) is 0. The average Bonchev–Trinajstić information content (AvgIpc) is 3.20. The molecule has 0 aromatic heterocycles. The molecule has 1 saturated carbocycles. The minimum atomic E-state index is 0.938. The maximum absolute atomic E-state index is 3.61. The van der Waals surface area contributed by atoms with Gasteiger partial charge in [0.1, 0.15) is 0 Å². The molecule has 0 saturated heterocycles. The van der Waals surface area contributed by atoms with Crippen molar-refractivity contribution < 1.29 is 0 Å². The first-order valence-electron chi connectivity index (χ1n) is 8.65. The third-order valence-electron chi connectivity index (χ3n) is 4.12. The van der Waals surface area contributed by atoms with Crippen LogP contribution in [0, 0.1) is 11.8 Å². The van der Waals surface area contributed by atoms with E-state index in [1.807, 2.05) is 7.05 Å². The van der Waals surface area contributed by atoms with E-state index in [1.54, 1.807) is 0 Å². The van der Waals surface area contributed by atoms with E-state index in [1.165, 1.54) is 64.8 Å².